The third-order valence-electron chi connectivity index (χ3n) is 14.8. The van der Waals surface area contributed by atoms with E-state index in [4.69, 9.17) is 22.0 Å². The van der Waals surface area contributed by atoms with Gasteiger partial charge in [-0.05, 0) is 128 Å². The lowest BCUT2D eigenvalue weighted by atomic mass is 9.52. The number of carbonyl (C=O) groups is 2. The average molecular weight is 974 g/mol. The first-order valence-electron chi connectivity index (χ1n) is 24.9. The zero-order valence-electron chi connectivity index (χ0n) is 42.5. The summed E-state index contributed by atoms with van der Waals surface area (Å²) in [6, 6.07) is 11.4. The van der Waals surface area contributed by atoms with Crippen LogP contribution in [0.5, 0.6) is 5.75 Å². The Balaban J connectivity index is 0.000000282. The predicted octanol–water partition coefficient (Wildman–Crippen LogP) is 8.18. The van der Waals surface area contributed by atoms with Crippen LogP contribution in [0, 0.1) is 47.3 Å². The van der Waals surface area contributed by atoms with Crippen molar-refractivity contribution in [1.29, 1.82) is 10.7 Å². The number of nitrogens with one attached hydrogen (secondary N) is 3. The number of amides is 2. The summed E-state index contributed by atoms with van der Waals surface area (Å²) in [7, 11) is 1.95. The number of piperidine rings is 2. The second-order valence-electron chi connectivity index (χ2n) is 21.3. The summed E-state index contributed by atoms with van der Waals surface area (Å²) in [5.74, 6) is 2.26. The molecule has 4 N–H and O–H groups in total. The standard InChI is InChI=1S/C38H52N10O.C9H17NO.C7H4ClNO/c1-26-20-40-38(41-21-26)46-15-7-29(8-16-46)23-45-13-9-32(10-14-45)43-35-11-17-47(28(3)49)25-34(35)37(39)48-12-5-6-30-19-33(27(2)18-36(30)48)31-22-42-44(4)24-31;1-8(2)5-9(3,4)7(8)10-6-11;8-7-3-6(10)2-1-5(7)4-9/h18-22,24,29,32,39,43H,5-17,23,25H2,1-4H3;6-7H,5H2,1-4H3,(H,10,11);1-3,10H. The van der Waals surface area contributed by atoms with Crippen molar-refractivity contribution in [3.8, 4) is 22.9 Å². The molecule has 5 aliphatic rings. The molecule has 70 heavy (non-hydrogen) atoms. The number of nitriles is 1. The van der Waals surface area contributed by atoms with Gasteiger partial charge in [0.1, 0.15) is 17.7 Å². The first kappa shape index (κ1) is 51.9. The van der Waals surface area contributed by atoms with Gasteiger partial charge in [0, 0.05) is 119 Å². The molecule has 0 bridgehead atoms. The zero-order valence-corrected chi connectivity index (χ0v) is 43.2. The van der Waals surface area contributed by atoms with Crippen molar-refractivity contribution < 1.29 is 14.7 Å². The lowest BCUT2D eigenvalue weighted by Crippen LogP contribution is -2.61. The van der Waals surface area contributed by atoms with Crippen molar-refractivity contribution in [2.45, 2.75) is 112 Å². The third-order valence-corrected chi connectivity index (χ3v) is 15.1. The van der Waals surface area contributed by atoms with Crippen LogP contribution in [0.2, 0.25) is 5.02 Å². The highest BCUT2D eigenvalue weighted by Crippen LogP contribution is 2.53. The Labute approximate surface area is 419 Å². The normalized spacial score (nSPS) is 19.3. The molecule has 2 aromatic carbocycles. The topological polar surface area (TPSA) is 183 Å². The van der Waals surface area contributed by atoms with Crippen LogP contribution in [0.1, 0.15) is 102 Å². The number of aryl methyl sites for hydroxylation is 4. The van der Waals surface area contributed by atoms with E-state index in [2.05, 4.69) is 93.3 Å². The molecular formula is C54H73ClN12O3. The number of phenols is 1. The first-order chi connectivity index (χ1) is 33.3. The number of benzene rings is 2. The molecule has 2 saturated heterocycles. The van der Waals surface area contributed by atoms with Gasteiger partial charge < -0.3 is 35.3 Å². The maximum atomic E-state index is 12.5. The van der Waals surface area contributed by atoms with Crippen molar-refractivity contribution in [3.63, 3.8) is 0 Å². The molecule has 4 aromatic rings. The average Bonchev–Trinajstić information content (AvgIpc) is 3.77. The summed E-state index contributed by atoms with van der Waals surface area (Å²) in [6.45, 7) is 22.0. The van der Waals surface area contributed by atoms with E-state index in [0.29, 0.717) is 42.5 Å². The van der Waals surface area contributed by atoms with Crippen LogP contribution in [0.15, 0.2) is 66.4 Å². The van der Waals surface area contributed by atoms with E-state index in [9.17, 15) is 15.0 Å². The zero-order chi connectivity index (χ0) is 50.3. The van der Waals surface area contributed by atoms with Gasteiger partial charge in [0.15, 0.2) is 0 Å². The van der Waals surface area contributed by atoms with E-state index in [1.54, 1.807) is 6.92 Å². The molecule has 4 aliphatic heterocycles. The highest BCUT2D eigenvalue weighted by Gasteiger charge is 2.52. The number of aromatic hydroxyl groups is 1. The second kappa shape index (κ2) is 22.4. The van der Waals surface area contributed by atoms with Gasteiger partial charge in [0.05, 0.1) is 23.3 Å². The molecule has 1 aliphatic carbocycles. The molecule has 3 fully saturated rings. The molecule has 374 valence electrons. The minimum Gasteiger partial charge on any atom is -0.508 e. The summed E-state index contributed by atoms with van der Waals surface area (Å²) in [4.78, 5) is 41.0. The highest BCUT2D eigenvalue weighted by molar-refractivity contribution is 6.31. The second-order valence-corrected chi connectivity index (χ2v) is 21.7. The lowest BCUT2D eigenvalue weighted by Gasteiger charge is -2.57. The number of anilines is 2. The Morgan fingerprint density at radius 3 is 2.26 bits per heavy atom. The molecule has 2 amide bonds. The summed E-state index contributed by atoms with van der Waals surface area (Å²) in [6.07, 6.45) is 17.1. The van der Waals surface area contributed by atoms with Crippen LogP contribution < -0.4 is 20.4 Å². The largest absolute Gasteiger partial charge is 0.508 e. The van der Waals surface area contributed by atoms with Crippen molar-refractivity contribution >= 4 is 41.4 Å². The smallest absolute Gasteiger partial charge is 0.225 e. The SMILES string of the molecule is CC(=O)N1CCC(NC2CCN(CC3CCN(c4ncc(C)cn4)CC3)CC2)=C(C(=N)N2CCCc3cc(-c4cnn(C)c4)c(C)cc32)C1.CC1(C)CC(C)(C)C1NC=O.N#Cc1ccc(O)cc1Cl. The third kappa shape index (κ3) is 12.5. The van der Waals surface area contributed by atoms with Gasteiger partial charge in [-0.25, -0.2) is 9.97 Å². The number of fused-ring (bicyclic) bond motifs is 1. The van der Waals surface area contributed by atoms with Gasteiger partial charge in [0.25, 0.3) is 0 Å². The molecule has 15 nitrogen and oxygen atoms in total. The monoisotopic (exact) mass is 973 g/mol. The molecule has 0 spiro atoms. The number of carbonyl (C=O) groups excluding carboxylic acids is 2. The van der Waals surface area contributed by atoms with Crippen LogP contribution in [0.4, 0.5) is 11.6 Å². The molecule has 6 heterocycles. The van der Waals surface area contributed by atoms with E-state index >= 15 is 0 Å². The number of rotatable bonds is 9. The molecule has 0 unspecified atom stereocenters. The minimum atomic E-state index is 0.0731. The number of halogens is 1. The Hall–Kier alpha value is -5.98. The maximum Gasteiger partial charge on any atom is 0.225 e. The van der Waals surface area contributed by atoms with Crippen LogP contribution in [-0.2, 0) is 23.1 Å². The van der Waals surface area contributed by atoms with Gasteiger partial charge in [-0.1, -0.05) is 39.3 Å². The Kier molecular flexibility index (Phi) is 16.6. The van der Waals surface area contributed by atoms with Gasteiger partial charge in [0.2, 0.25) is 18.3 Å². The lowest BCUT2D eigenvalue weighted by molar-refractivity contribution is -0.128. The molecular weight excluding hydrogens is 900 g/mol. The van der Waals surface area contributed by atoms with Crippen molar-refractivity contribution in [3.05, 3.63) is 93.7 Å². The number of hydrogen-bond donors (Lipinski definition) is 4. The minimum absolute atomic E-state index is 0.0731. The molecule has 2 aromatic heterocycles. The Morgan fingerprint density at radius 2 is 1.67 bits per heavy atom. The Morgan fingerprint density at radius 1 is 0.971 bits per heavy atom. The van der Waals surface area contributed by atoms with Crippen molar-refractivity contribution in [2.24, 2.45) is 23.8 Å². The number of nitrogens with zero attached hydrogens (tertiary/aromatic N) is 9. The first-order valence-corrected chi connectivity index (χ1v) is 25.3. The molecule has 1 saturated carbocycles. The number of likely N-dealkylation sites (tertiary alicyclic amines) is 1. The molecule has 16 heteroatoms. The molecule has 0 atom stereocenters. The van der Waals surface area contributed by atoms with Gasteiger partial charge in [-0.3, -0.25) is 19.7 Å². The fraction of sp³-hybridized carbons (Fsp3) is 0.537. The van der Waals surface area contributed by atoms with E-state index < -0.39 is 0 Å². The highest BCUT2D eigenvalue weighted by atomic mass is 35.5. The number of hydrogen-bond acceptors (Lipinski definition) is 11. The number of amidine groups is 1. The van der Waals surface area contributed by atoms with Crippen molar-refractivity contribution in [1.82, 2.24) is 40.2 Å². The number of phenolic OH excluding ortho intramolecular Hbond substituents is 1. The van der Waals surface area contributed by atoms with Gasteiger partial charge >= 0.3 is 0 Å². The van der Waals surface area contributed by atoms with Crippen LogP contribution in [-0.4, -0.2) is 117 Å². The van der Waals surface area contributed by atoms with E-state index in [-0.39, 0.29) is 27.5 Å². The fourth-order valence-corrected chi connectivity index (χ4v) is 11.8. The van der Waals surface area contributed by atoms with E-state index in [0.717, 1.165) is 112 Å². The summed E-state index contributed by atoms with van der Waals surface area (Å²) < 4.78 is 1.85. The summed E-state index contributed by atoms with van der Waals surface area (Å²) in [5, 5.41) is 38.3. The summed E-state index contributed by atoms with van der Waals surface area (Å²) in [5.41, 5.74) is 10.1. The van der Waals surface area contributed by atoms with Gasteiger partial charge in [-0.2, -0.15) is 10.4 Å². The molecule has 9 rings (SSSR count). The Bertz CT molecular complexity index is 2550. The molecule has 0 radical (unpaired) electrons. The van der Waals surface area contributed by atoms with E-state index in [1.807, 2.05) is 48.2 Å². The fourth-order valence-electron chi connectivity index (χ4n) is 11.6. The van der Waals surface area contributed by atoms with Crippen LogP contribution in [0.3, 0.4) is 0 Å². The summed E-state index contributed by atoms with van der Waals surface area (Å²) >= 11 is 5.55. The number of aromatic nitrogens is 4. The quantitative estimate of drug-likeness (QED) is 0.0722. The van der Waals surface area contributed by atoms with Crippen LogP contribution >= 0.6 is 11.6 Å². The van der Waals surface area contributed by atoms with Crippen molar-refractivity contribution in [2.75, 3.05) is 62.2 Å². The predicted molar refractivity (Wildman–Crippen MR) is 278 cm³/mol. The maximum absolute atomic E-state index is 12.5. The van der Waals surface area contributed by atoms with E-state index in [1.165, 1.54) is 54.2 Å². The van der Waals surface area contributed by atoms with Crippen LogP contribution in [0.25, 0.3) is 11.1 Å². The van der Waals surface area contributed by atoms with Gasteiger partial charge in [-0.15, -0.1) is 0 Å².